The Morgan fingerprint density at radius 2 is 2.12 bits per heavy atom. The molecule has 2 heterocycles. The molecule has 5 heteroatoms. The molecule has 1 aliphatic heterocycles. The third kappa shape index (κ3) is 2.24. The Kier molecular flexibility index (Phi) is 3.56. The topological polar surface area (TPSA) is 64.3 Å². The van der Waals surface area contributed by atoms with Crippen LogP contribution in [0.2, 0.25) is 0 Å². The summed E-state index contributed by atoms with van der Waals surface area (Å²) >= 11 is 0. The molecule has 0 radical (unpaired) electrons. The van der Waals surface area contributed by atoms with Crippen LogP contribution in [0.5, 0.6) is 5.88 Å². The molecule has 0 unspecified atom stereocenters. The molecule has 1 aliphatic rings. The van der Waals surface area contributed by atoms with Crippen molar-refractivity contribution in [2.45, 2.75) is 25.8 Å². The van der Waals surface area contributed by atoms with Crippen LogP contribution >= 0.6 is 0 Å². The molecule has 0 atom stereocenters. The van der Waals surface area contributed by atoms with Crippen LogP contribution in [0, 0.1) is 0 Å². The van der Waals surface area contributed by atoms with Gasteiger partial charge in [0.1, 0.15) is 0 Å². The summed E-state index contributed by atoms with van der Waals surface area (Å²) in [6, 6.07) is 0. The maximum absolute atomic E-state index is 5.58. The SMILES string of the molecule is COc1nc(N2CCCCC2)ncc1CN. The van der Waals surface area contributed by atoms with Crippen LogP contribution in [0.25, 0.3) is 0 Å². The Balaban J connectivity index is 2.20. The zero-order chi connectivity index (χ0) is 11.4. The van der Waals surface area contributed by atoms with Gasteiger partial charge in [0.15, 0.2) is 0 Å². The van der Waals surface area contributed by atoms with Crippen molar-refractivity contribution in [1.82, 2.24) is 9.97 Å². The monoisotopic (exact) mass is 222 g/mol. The van der Waals surface area contributed by atoms with E-state index in [0.29, 0.717) is 12.4 Å². The van der Waals surface area contributed by atoms with Crippen LogP contribution in [0.3, 0.4) is 0 Å². The highest BCUT2D eigenvalue weighted by Crippen LogP contribution is 2.20. The van der Waals surface area contributed by atoms with Gasteiger partial charge in [-0.1, -0.05) is 0 Å². The molecule has 0 amide bonds. The van der Waals surface area contributed by atoms with Crippen molar-refractivity contribution in [3.63, 3.8) is 0 Å². The predicted octanol–water partition coefficient (Wildman–Crippen LogP) is 0.934. The van der Waals surface area contributed by atoms with E-state index in [1.807, 2.05) is 0 Å². The maximum Gasteiger partial charge on any atom is 0.228 e. The van der Waals surface area contributed by atoms with Crippen LogP contribution < -0.4 is 15.4 Å². The molecule has 0 spiro atoms. The van der Waals surface area contributed by atoms with Crippen molar-refractivity contribution in [3.05, 3.63) is 11.8 Å². The minimum absolute atomic E-state index is 0.406. The average molecular weight is 222 g/mol. The summed E-state index contributed by atoms with van der Waals surface area (Å²) in [6.45, 7) is 2.47. The molecule has 5 nitrogen and oxygen atoms in total. The fourth-order valence-corrected chi connectivity index (χ4v) is 1.95. The highest BCUT2D eigenvalue weighted by atomic mass is 16.5. The van der Waals surface area contributed by atoms with Gasteiger partial charge in [0.2, 0.25) is 11.8 Å². The Hall–Kier alpha value is -1.36. The zero-order valence-electron chi connectivity index (χ0n) is 9.65. The molecule has 0 saturated carbocycles. The fraction of sp³-hybridized carbons (Fsp3) is 0.636. The summed E-state index contributed by atoms with van der Waals surface area (Å²) in [5.74, 6) is 1.35. The molecule has 1 aromatic heterocycles. The molecule has 16 heavy (non-hydrogen) atoms. The first-order valence-electron chi connectivity index (χ1n) is 5.70. The number of hydrogen-bond donors (Lipinski definition) is 1. The lowest BCUT2D eigenvalue weighted by molar-refractivity contribution is 0.390. The lowest BCUT2D eigenvalue weighted by atomic mass is 10.1. The van der Waals surface area contributed by atoms with Crippen molar-refractivity contribution < 1.29 is 4.74 Å². The van der Waals surface area contributed by atoms with Crippen LogP contribution in [0.1, 0.15) is 24.8 Å². The molecular weight excluding hydrogens is 204 g/mol. The van der Waals surface area contributed by atoms with Crippen LogP contribution in [0.15, 0.2) is 6.20 Å². The van der Waals surface area contributed by atoms with Crippen LogP contribution in [-0.2, 0) is 6.54 Å². The van der Waals surface area contributed by atoms with E-state index in [1.54, 1.807) is 13.3 Å². The van der Waals surface area contributed by atoms with Gasteiger partial charge in [-0.05, 0) is 19.3 Å². The molecule has 1 aromatic rings. The van der Waals surface area contributed by atoms with Gasteiger partial charge in [-0.25, -0.2) is 4.98 Å². The summed E-state index contributed by atoms with van der Waals surface area (Å²) < 4.78 is 5.21. The largest absolute Gasteiger partial charge is 0.481 e. The third-order valence-electron chi connectivity index (χ3n) is 2.86. The summed E-state index contributed by atoms with van der Waals surface area (Å²) in [5.41, 5.74) is 6.43. The average Bonchev–Trinajstić information content (AvgIpc) is 2.39. The van der Waals surface area contributed by atoms with Crippen molar-refractivity contribution in [3.8, 4) is 5.88 Å². The summed E-state index contributed by atoms with van der Waals surface area (Å²) in [6.07, 6.45) is 5.49. The van der Waals surface area contributed by atoms with E-state index in [-0.39, 0.29) is 0 Å². The molecule has 1 saturated heterocycles. The number of methoxy groups -OCH3 is 1. The minimum Gasteiger partial charge on any atom is -0.481 e. The van der Waals surface area contributed by atoms with E-state index in [2.05, 4.69) is 14.9 Å². The van der Waals surface area contributed by atoms with Crippen molar-refractivity contribution in [2.24, 2.45) is 5.73 Å². The number of nitrogens with zero attached hydrogens (tertiary/aromatic N) is 3. The number of aromatic nitrogens is 2. The second-order valence-corrected chi connectivity index (χ2v) is 3.96. The number of rotatable bonds is 3. The quantitative estimate of drug-likeness (QED) is 0.824. The van der Waals surface area contributed by atoms with E-state index in [4.69, 9.17) is 10.5 Å². The van der Waals surface area contributed by atoms with E-state index in [0.717, 1.165) is 24.6 Å². The van der Waals surface area contributed by atoms with Gasteiger partial charge >= 0.3 is 0 Å². The van der Waals surface area contributed by atoms with E-state index in [9.17, 15) is 0 Å². The minimum atomic E-state index is 0.406. The molecule has 2 rings (SSSR count). The first-order valence-corrected chi connectivity index (χ1v) is 5.70. The van der Waals surface area contributed by atoms with Crippen molar-refractivity contribution >= 4 is 5.95 Å². The van der Waals surface area contributed by atoms with Gasteiger partial charge in [-0.15, -0.1) is 0 Å². The lowest BCUT2D eigenvalue weighted by Gasteiger charge is -2.26. The van der Waals surface area contributed by atoms with Crippen molar-refractivity contribution in [2.75, 3.05) is 25.1 Å². The Labute approximate surface area is 95.6 Å². The predicted molar refractivity (Wildman–Crippen MR) is 62.5 cm³/mol. The number of piperidine rings is 1. The number of hydrogen-bond acceptors (Lipinski definition) is 5. The van der Waals surface area contributed by atoms with E-state index >= 15 is 0 Å². The maximum atomic E-state index is 5.58. The number of nitrogens with two attached hydrogens (primary N) is 1. The Morgan fingerprint density at radius 1 is 1.38 bits per heavy atom. The molecule has 1 fully saturated rings. The number of ether oxygens (including phenoxy) is 1. The fourth-order valence-electron chi connectivity index (χ4n) is 1.95. The van der Waals surface area contributed by atoms with Gasteiger partial charge in [-0.3, -0.25) is 0 Å². The van der Waals surface area contributed by atoms with E-state index < -0.39 is 0 Å². The lowest BCUT2D eigenvalue weighted by Crippen LogP contribution is -2.31. The summed E-state index contributed by atoms with van der Waals surface area (Å²) in [5, 5.41) is 0. The van der Waals surface area contributed by atoms with Crippen molar-refractivity contribution in [1.29, 1.82) is 0 Å². The molecule has 0 aromatic carbocycles. The van der Waals surface area contributed by atoms with E-state index in [1.165, 1.54) is 19.3 Å². The van der Waals surface area contributed by atoms with Gasteiger partial charge in [0, 0.05) is 31.4 Å². The van der Waals surface area contributed by atoms with Gasteiger partial charge in [-0.2, -0.15) is 4.98 Å². The first-order chi connectivity index (χ1) is 7.85. The van der Waals surface area contributed by atoms with Crippen LogP contribution in [0.4, 0.5) is 5.95 Å². The Morgan fingerprint density at radius 3 is 2.75 bits per heavy atom. The molecule has 88 valence electrons. The highest BCUT2D eigenvalue weighted by Gasteiger charge is 2.15. The van der Waals surface area contributed by atoms with Gasteiger partial charge in [0.25, 0.3) is 0 Å². The molecule has 0 bridgehead atoms. The Bertz CT molecular complexity index is 350. The standard InChI is InChI=1S/C11H18N4O/c1-16-10-9(7-12)8-13-11(14-10)15-5-3-2-4-6-15/h8H,2-7,12H2,1H3. The molecule has 2 N–H and O–H groups in total. The second kappa shape index (κ2) is 5.12. The van der Waals surface area contributed by atoms with Crippen LogP contribution in [-0.4, -0.2) is 30.2 Å². The molecule has 0 aliphatic carbocycles. The normalized spacial score (nSPS) is 16.2. The second-order valence-electron chi connectivity index (χ2n) is 3.96. The summed E-state index contributed by atoms with van der Waals surface area (Å²) in [4.78, 5) is 10.9. The first kappa shape index (κ1) is 11.1. The molecular formula is C11H18N4O. The highest BCUT2D eigenvalue weighted by molar-refractivity contribution is 5.36. The third-order valence-corrected chi connectivity index (χ3v) is 2.86. The van der Waals surface area contributed by atoms with Gasteiger partial charge in [0.05, 0.1) is 7.11 Å². The zero-order valence-corrected chi connectivity index (χ0v) is 9.65. The van der Waals surface area contributed by atoms with Gasteiger partial charge < -0.3 is 15.4 Å². The summed E-state index contributed by atoms with van der Waals surface area (Å²) in [7, 11) is 1.61. The smallest absolute Gasteiger partial charge is 0.228 e. The number of anilines is 1.